The van der Waals surface area contributed by atoms with E-state index in [9.17, 15) is 31.9 Å². The van der Waals surface area contributed by atoms with Crippen molar-refractivity contribution in [2.45, 2.75) is 44.4 Å². The van der Waals surface area contributed by atoms with Crippen LogP contribution < -0.4 is 10.6 Å². The third-order valence-corrected chi connectivity index (χ3v) is 6.50. The van der Waals surface area contributed by atoms with E-state index in [0.717, 1.165) is 43.4 Å². The molecular weight excluding hydrogens is 480 g/mol. The van der Waals surface area contributed by atoms with Crippen LogP contribution in [0.1, 0.15) is 50.9 Å². The number of carbonyl (C=O) groups excluding carboxylic acids is 3. The minimum Gasteiger partial charge on any atom is -0.465 e. The summed E-state index contributed by atoms with van der Waals surface area (Å²) in [4.78, 5) is 38.6. The fourth-order valence-electron chi connectivity index (χ4n) is 3.66. The van der Waals surface area contributed by atoms with Gasteiger partial charge in [-0.1, -0.05) is 12.1 Å². The molecule has 1 amide bonds. The van der Waals surface area contributed by atoms with Crippen molar-refractivity contribution in [1.29, 1.82) is 0 Å². The number of carbonyl (C=O) groups is 3. The first-order chi connectivity index (χ1) is 16.1. The van der Waals surface area contributed by atoms with Crippen LogP contribution in [-0.2, 0) is 27.1 Å². The van der Waals surface area contributed by atoms with Crippen molar-refractivity contribution in [3.8, 4) is 0 Å². The number of anilines is 1. The highest BCUT2D eigenvalue weighted by atomic mass is 32.1. The van der Waals surface area contributed by atoms with Crippen LogP contribution in [0.3, 0.4) is 0 Å². The first kappa shape index (κ1) is 25.5. The summed E-state index contributed by atoms with van der Waals surface area (Å²) in [5.74, 6) is -5.34. The number of hydrogen-bond donors (Lipinski definition) is 2. The van der Waals surface area contributed by atoms with Crippen molar-refractivity contribution in [1.82, 2.24) is 5.32 Å². The maximum Gasteiger partial charge on any atom is 0.441 e. The molecule has 12 heteroatoms. The van der Waals surface area contributed by atoms with Crippen molar-refractivity contribution in [2.24, 2.45) is 0 Å². The first-order valence-corrected chi connectivity index (χ1v) is 11.2. The Morgan fingerprint density at radius 2 is 1.79 bits per heavy atom. The molecule has 0 unspecified atom stereocenters. The Kier molecular flexibility index (Phi) is 7.49. The maximum absolute atomic E-state index is 14.5. The van der Waals surface area contributed by atoms with Gasteiger partial charge in [0.05, 0.1) is 24.8 Å². The zero-order chi connectivity index (χ0) is 25.1. The average Bonchev–Trinajstić information content (AvgIpc) is 3.15. The first-order valence-electron chi connectivity index (χ1n) is 10.4. The molecule has 1 atom stereocenters. The summed E-state index contributed by atoms with van der Waals surface area (Å²) in [6.45, 7) is 0.861. The van der Waals surface area contributed by atoms with Gasteiger partial charge in [0.1, 0.15) is 10.8 Å². The molecular formula is C22H22F4N2O5S. The lowest BCUT2D eigenvalue weighted by molar-refractivity contribution is -0.204. The summed E-state index contributed by atoms with van der Waals surface area (Å²) in [6, 6.07) is 4.38. The molecule has 7 nitrogen and oxygen atoms in total. The smallest absolute Gasteiger partial charge is 0.441 e. The summed E-state index contributed by atoms with van der Waals surface area (Å²) in [7, 11) is 1.08. The fourth-order valence-corrected chi connectivity index (χ4v) is 4.99. The number of hydrogen-bond acceptors (Lipinski definition) is 7. The van der Waals surface area contributed by atoms with Crippen LogP contribution >= 0.6 is 11.3 Å². The second-order valence-corrected chi connectivity index (χ2v) is 8.54. The molecule has 1 aromatic heterocycles. The Hall–Kier alpha value is -3.15. The molecule has 1 aliphatic rings. The lowest BCUT2D eigenvalue weighted by Crippen LogP contribution is -2.69. The van der Waals surface area contributed by atoms with Gasteiger partial charge in [-0.2, -0.15) is 13.2 Å². The molecule has 0 fully saturated rings. The molecule has 0 saturated carbocycles. The molecule has 0 radical (unpaired) electrons. The Labute approximate surface area is 196 Å². The second-order valence-electron chi connectivity index (χ2n) is 7.43. The quantitative estimate of drug-likeness (QED) is 0.335. The van der Waals surface area contributed by atoms with E-state index in [-0.39, 0.29) is 10.6 Å². The number of amides is 1. The SMILES string of the molecule is CCOC(=O)[C@@](NC(=O)c1ccccc1F)(Nc1sc2c(c1C(=O)OC)CCCC2)C(F)(F)F. The maximum atomic E-state index is 14.5. The number of rotatable bonds is 7. The lowest BCUT2D eigenvalue weighted by Gasteiger charge is -2.35. The molecule has 2 N–H and O–H groups in total. The third kappa shape index (κ3) is 4.72. The van der Waals surface area contributed by atoms with Crippen LogP contribution in [0.15, 0.2) is 24.3 Å². The number of halogens is 4. The summed E-state index contributed by atoms with van der Waals surface area (Å²) >= 11 is 0.865. The minimum absolute atomic E-state index is 0.139. The van der Waals surface area contributed by atoms with Gasteiger partial charge in [0, 0.05) is 4.88 Å². The van der Waals surface area contributed by atoms with Crippen LogP contribution in [0.4, 0.5) is 22.6 Å². The van der Waals surface area contributed by atoms with Gasteiger partial charge in [-0.15, -0.1) is 11.3 Å². The van der Waals surface area contributed by atoms with Crippen molar-refractivity contribution >= 4 is 34.2 Å². The fraction of sp³-hybridized carbons (Fsp3) is 0.409. The summed E-state index contributed by atoms with van der Waals surface area (Å²) in [6.07, 6.45) is -2.97. The predicted molar refractivity (Wildman–Crippen MR) is 115 cm³/mol. The molecule has 184 valence electrons. The van der Waals surface area contributed by atoms with Crippen molar-refractivity contribution < 1.29 is 41.4 Å². The predicted octanol–water partition coefficient (Wildman–Crippen LogP) is 4.22. The minimum atomic E-state index is -5.45. The number of thiophene rings is 1. The van der Waals surface area contributed by atoms with Crippen LogP contribution in [-0.4, -0.2) is 43.4 Å². The number of ether oxygens (including phenoxy) is 2. The topological polar surface area (TPSA) is 93.7 Å². The number of methoxy groups -OCH3 is 1. The van der Waals surface area contributed by atoms with E-state index in [1.54, 1.807) is 5.32 Å². The van der Waals surface area contributed by atoms with E-state index >= 15 is 0 Å². The highest BCUT2D eigenvalue weighted by molar-refractivity contribution is 7.16. The molecule has 0 aliphatic heterocycles. The summed E-state index contributed by atoms with van der Waals surface area (Å²) < 4.78 is 67.1. The molecule has 0 bridgehead atoms. The Balaban J connectivity index is 2.16. The van der Waals surface area contributed by atoms with E-state index in [1.165, 1.54) is 19.1 Å². The number of aryl methyl sites for hydroxylation is 1. The zero-order valence-corrected chi connectivity index (χ0v) is 19.1. The van der Waals surface area contributed by atoms with Crippen LogP contribution in [0.25, 0.3) is 0 Å². The van der Waals surface area contributed by atoms with Crippen LogP contribution in [0, 0.1) is 5.82 Å². The van der Waals surface area contributed by atoms with Crippen LogP contribution in [0.2, 0.25) is 0 Å². The van der Waals surface area contributed by atoms with Gasteiger partial charge >= 0.3 is 23.8 Å². The van der Waals surface area contributed by atoms with Gasteiger partial charge in [-0.05, 0) is 50.3 Å². The molecule has 34 heavy (non-hydrogen) atoms. The second kappa shape index (κ2) is 10.00. The molecule has 0 spiro atoms. The number of fused-ring (bicyclic) bond motifs is 1. The van der Waals surface area contributed by atoms with Crippen molar-refractivity contribution in [3.63, 3.8) is 0 Å². The Morgan fingerprint density at radius 3 is 2.41 bits per heavy atom. The molecule has 2 aromatic rings. The normalized spacial score (nSPS) is 15.0. The Morgan fingerprint density at radius 1 is 1.12 bits per heavy atom. The van der Waals surface area contributed by atoms with E-state index < -0.39 is 47.7 Å². The summed E-state index contributed by atoms with van der Waals surface area (Å²) in [5.41, 5.74) is -4.12. The third-order valence-electron chi connectivity index (χ3n) is 5.29. The Bertz CT molecular complexity index is 1100. The molecule has 1 aromatic carbocycles. The highest BCUT2D eigenvalue weighted by Crippen LogP contribution is 2.42. The number of esters is 2. The van der Waals surface area contributed by atoms with E-state index in [0.29, 0.717) is 23.3 Å². The van der Waals surface area contributed by atoms with E-state index in [2.05, 4.69) is 4.74 Å². The molecule has 1 aliphatic carbocycles. The molecule has 0 saturated heterocycles. The van der Waals surface area contributed by atoms with Gasteiger partial charge < -0.3 is 20.1 Å². The largest absolute Gasteiger partial charge is 0.465 e. The van der Waals surface area contributed by atoms with Crippen LogP contribution in [0.5, 0.6) is 0 Å². The van der Waals surface area contributed by atoms with E-state index in [4.69, 9.17) is 4.74 Å². The van der Waals surface area contributed by atoms with Crippen molar-refractivity contribution in [2.75, 3.05) is 19.0 Å². The number of benzene rings is 1. The molecule has 1 heterocycles. The van der Waals surface area contributed by atoms with Gasteiger partial charge in [-0.3, -0.25) is 4.79 Å². The van der Waals surface area contributed by atoms with Gasteiger partial charge in [0.15, 0.2) is 0 Å². The zero-order valence-electron chi connectivity index (χ0n) is 18.3. The van der Waals surface area contributed by atoms with Gasteiger partial charge in [0.25, 0.3) is 5.91 Å². The number of alkyl halides is 3. The summed E-state index contributed by atoms with van der Waals surface area (Å²) in [5, 5.41) is 3.32. The average molecular weight is 502 g/mol. The lowest BCUT2D eigenvalue weighted by atomic mass is 9.95. The van der Waals surface area contributed by atoms with E-state index in [1.807, 2.05) is 5.32 Å². The highest BCUT2D eigenvalue weighted by Gasteiger charge is 2.64. The number of nitrogens with one attached hydrogen (secondary N) is 2. The monoisotopic (exact) mass is 502 g/mol. The van der Waals surface area contributed by atoms with Crippen molar-refractivity contribution in [3.05, 3.63) is 51.7 Å². The van der Waals surface area contributed by atoms with Gasteiger partial charge in [-0.25, -0.2) is 14.0 Å². The van der Waals surface area contributed by atoms with Gasteiger partial charge in [0.2, 0.25) is 0 Å². The standard InChI is InChI=1S/C22H22F4N2O5S/c1-3-33-20(31)21(22(24,25)26,27-17(29)12-8-4-6-10-14(12)23)28-18-16(19(30)32-2)13-9-5-7-11-15(13)34-18/h4,6,8,10,28H,3,5,7,9,11H2,1-2H3,(H,27,29)/t21-/m1/s1. The molecule has 3 rings (SSSR count).